The number of pyridine rings is 1. The molecule has 1 heterocycles. The van der Waals surface area contributed by atoms with Gasteiger partial charge >= 0.3 is 0 Å². The smallest absolute Gasteiger partial charge is 0.151 e. The van der Waals surface area contributed by atoms with Gasteiger partial charge in [-0.25, -0.2) is 4.98 Å². The molecule has 0 fully saturated rings. The third-order valence-electron chi connectivity index (χ3n) is 2.60. The normalized spacial score (nSPS) is 12.5. The molecule has 0 saturated carbocycles. The molecule has 0 aliphatic rings. The minimum atomic E-state index is 0.420. The molecule has 0 aliphatic heterocycles. The molecule has 3 nitrogen and oxygen atoms in total. The molecule has 5 heteroatoms. The van der Waals surface area contributed by atoms with Gasteiger partial charge < -0.3 is 10.6 Å². The summed E-state index contributed by atoms with van der Waals surface area (Å²) in [5, 5.41) is 0.575. The summed E-state index contributed by atoms with van der Waals surface area (Å²) in [6.45, 7) is 2.17. The molecule has 1 aromatic heterocycles. The number of nitrogens with two attached hydrogens (primary N) is 1. The Morgan fingerprint density at radius 3 is 2.88 bits per heavy atom. The summed E-state index contributed by atoms with van der Waals surface area (Å²) >= 11 is 7.67. The lowest BCUT2D eigenvalue weighted by Crippen LogP contribution is -2.30. The van der Waals surface area contributed by atoms with Crippen LogP contribution in [0, 0.1) is 0 Å². The second-order valence-electron chi connectivity index (χ2n) is 3.81. The minimum absolute atomic E-state index is 0.420. The fourth-order valence-electron chi connectivity index (χ4n) is 1.43. The average Bonchev–Trinajstić information content (AvgIpc) is 2.25. The Kier molecular flexibility index (Phi) is 5.22. The molecule has 0 spiro atoms. The number of nitrogen functional groups attached to an aromatic ring is 1. The van der Waals surface area contributed by atoms with Crippen LogP contribution in [0.25, 0.3) is 0 Å². The summed E-state index contributed by atoms with van der Waals surface area (Å²) < 4.78 is 0. The minimum Gasteiger partial charge on any atom is -0.396 e. The first-order valence-corrected chi connectivity index (χ1v) is 6.96. The fourth-order valence-corrected chi connectivity index (χ4v) is 2.18. The van der Waals surface area contributed by atoms with Crippen LogP contribution in [0.15, 0.2) is 12.3 Å². The predicted octanol–water partition coefficient (Wildman–Crippen LogP) is 2.90. The molecule has 0 amide bonds. The maximum atomic E-state index is 5.89. The second kappa shape index (κ2) is 6.21. The number of anilines is 2. The van der Waals surface area contributed by atoms with Crippen molar-refractivity contribution in [3.8, 4) is 0 Å². The van der Waals surface area contributed by atoms with Gasteiger partial charge in [0.05, 0.1) is 10.7 Å². The van der Waals surface area contributed by atoms with Gasteiger partial charge in [-0.2, -0.15) is 11.8 Å². The molecule has 0 radical (unpaired) electrons. The Morgan fingerprint density at radius 1 is 1.62 bits per heavy atom. The van der Waals surface area contributed by atoms with Gasteiger partial charge in [0.2, 0.25) is 0 Å². The van der Waals surface area contributed by atoms with Crippen molar-refractivity contribution in [2.24, 2.45) is 0 Å². The molecular weight excluding hydrogens is 242 g/mol. The van der Waals surface area contributed by atoms with E-state index in [0.29, 0.717) is 16.8 Å². The lowest BCUT2D eigenvalue weighted by Gasteiger charge is -2.26. The molecular formula is C11H18ClN3S. The highest BCUT2D eigenvalue weighted by atomic mass is 35.5. The van der Waals surface area contributed by atoms with Crippen LogP contribution in [0.4, 0.5) is 11.5 Å². The number of hydrogen-bond acceptors (Lipinski definition) is 4. The fraction of sp³-hybridized carbons (Fsp3) is 0.545. The van der Waals surface area contributed by atoms with Gasteiger partial charge in [0, 0.05) is 19.3 Å². The third kappa shape index (κ3) is 3.46. The van der Waals surface area contributed by atoms with E-state index in [1.807, 2.05) is 18.8 Å². The van der Waals surface area contributed by atoms with Crippen LogP contribution in [0.5, 0.6) is 0 Å². The monoisotopic (exact) mass is 259 g/mol. The Labute approximate surface area is 106 Å². The van der Waals surface area contributed by atoms with Gasteiger partial charge in [-0.15, -0.1) is 0 Å². The van der Waals surface area contributed by atoms with E-state index in [1.54, 1.807) is 12.3 Å². The molecule has 2 N–H and O–H groups in total. The highest BCUT2D eigenvalue weighted by Crippen LogP contribution is 2.24. The van der Waals surface area contributed by atoms with Crippen LogP contribution >= 0.6 is 23.4 Å². The van der Waals surface area contributed by atoms with Crippen molar-refractivity contribution < 1.29 is 0 Å². The van der Waals surface area contributed by atoms with Crippen LogP contribution in [0.2, 0.25) is 5.02 Å². The van der Waals surface area contributed by atoms with E-state index in [2.05, 4.69) is 23.1 Å². The van der Waals surface area contributed by atoms with Crippen LogP contribution in [-0.4, -0.2) is 30.1 Å². The number of halogens is 1. The van der Waals surface area contributed by atoms with Gasteiger partial charge in [0.15, 0.2) is 5.82 Å². The van der Waals surface area contributed by atoms with Gasteiger partial charge in [-0.1, -0.05) is 11.6 Å². The van der Waals surface area contributed by atoms with Gasteiger partial charge in [0.1, 0.15) is 0 Å². The molecule has 16 heavy (non-hydrogen) atoms. The summed E-state index contributed by atoms with van der Waals surface area (Å²) in [6, 6.07) is 2.16. The molecule has 1 aromatic rings. The van der Waals surface area contributed by atoms with Crippen molar-refractivity contribution in [1.29, 1.82) is 0 Å². The van der Waals surface area contributed by atoms with E-state index in [0.717, 1.165) is 18.0 Å². The zero-order valence-electron chi connectivity index (χ0n) is 9.90. The highest BCUT2D eigenvalue weighted by Gasteiger charge is 2.13. The molecule has 0 aliphatic carbocycles. The Bertz CT molecular complexity index is 346. The van der Waals surface area contributed by atoms with Crippen LogP contribution in [0.3, 0.4) is 0 Å². The SMILES string of the molecule is CSCCC(C)N(C)c1ncc(Cl)cc1N. The number of thioether (sulfide) groups is 1. The highest BCUT2D eigenvalue weighted by molar-refractivity contribution is 7.98. The lowest BCUT2D eigenvalue weighted by atomic mass is 10.2. The largest absolute Gasteiger partial charge is 0.396 e. The Hall–Kier alpha value is -0.610. The summed E-state index contributed by atoms with van der Waals surface area (Å²) in [5.74, 6) is 1.94. The van der Waals surface area contributed by atoms with Crippen molar-refractivity contribution in [3.63, 3.8) is 0 Å². The predicted molar refractivity (Wildman–Crippen MR) is 74.5 cm³/mol. The summed E-state index contributed by atoms with van der Waals surface area (Å²) in [7, 11) is 2.01. The molecule has 1 unspecified atom stereocenters. The zero-order valence-corrected chi connectivity index (χ0v) is 11.5. The molecule has 0 bridgehead atoms. The molecule has 90 valence electrons. The first-order chi connectivity index (χ1) is 7.56. The topological polar surface area (TPSA) is 42.2 Å². The summed E-state index contributed by atoms with van der Waals surface area (Å²) in [4.78, 5) is 6.37. The van der Waals surface area contributed by atoms with E-state index >= 15 is 0 Å². The maximum absolute atomic E-state index is 5.89. The van der Waals surface area contributed by atoms with Crippen molar-refractivity contribution in [2.75, 3.05) is 29.7 Å². The quantitative estimate of drug-likeness (QED) is 0.883. The lowest BCUT2D eigenvalue weighted by molar-refractivity contribution is 0.663. The van der Waals surface area contributed by atoms with Crippen molar-refractivity contribution >= 4 is 34.9 Å². The standard InChI is InChI=1S/C11H18ClN3S/c1-8(4-5-16-3)15(2)11-10(13)6-9(12)7-14-11/h6-8H,4-5,13H2,1-3H3. The van der Waals surface area contributed by atoms with E-state index in [9.17, 15) is 0 Å². The van der Waals surface area contributed by atoms with E-state index in [4.69, 9.17) is 17.3 Å². The number of aromatic nitrogens is 1. The first-order valence-electron chi connectivity index (χ1n) is 5.19. The average molecular weight is 260 g/mol. The van der Waals surface area contributed by atoms with E-state index in [1.165, 1.54) is 0 Å². The summed E-state index contributed by atoms with van der Waals surface area (Å²) in [5.41, 5.74) is 6.53. The van der Waals surface area contributed by atoms with Crippen LogP contribution in [0.1, 0.15) is 13.3 Å². The second-order valence-corrected chi connectivity index (χ2v) is 5.23. The third-order valence-corrected chi connectivity index (χ3v) is 3.45. The number of hydrogen-bond donors (Lipinski definition) is 1. The number of nitrogens with zero attached hydrogens (tertiary/aromatic N) is 2. The molecule has 0 aromatic carbocycles. The zero-order chi connectivity index (χ0) is 12.1. The molecule has 1 atom stereocenters. The van der Waals surface area contributed by atoms with E-state index < -0.39 is 0 Å². The summed E-state index contributed by atoms with van der Waals surface area (Å²) in [6.07, 6.45) is 4.86. The van der Waals surface area contributed by atoms with Crippen molar-refractivity contribution in [1.82, 2.24) is 4.98 Å². The van der Waals surface area contributed by atoms with Crippen LogP contribution in [-0.2, 0) is 0 Å². The van der Waals surface area contributed by atoms with E-state index in [-0.39, 0.29) is 0 Å². The molecule has 0 saturated heterocycles. The molecule has 1 rings (SSSR count). The maximum Gasteiger partial charge on any atom is 0.151 e. The van der Waals surface area contributed by atoms with Crippen molar-refractivity contribution in [2.45, 2.75) is 19.4 Å². The van der Waals surface area contributed by atoms with Gasteiger partial charge in [-0.05, 0) is 31.4 Å². The van der Waals surface area contributed by atoms with Crippen LogP contribution < -0.4 is 10.6 Å². The number of rotatable bonds is 5. The Balaban J connectivity index is 2.75. The first kappa shape index (κ1) is 13.5. The van der Waals surface area contributed by atoms with Gasteiger partial charge in [0.25, 0.3) is 0 Å². The van der Waals surface area contributed by atoms with Crippen molar-refractivity contribution in [3.05, 3.63) is 17.3 Å². The Morgan fingerprint density at radius 2 is 2.31 bits per heavy atom. The van der Waals surface area contributed by atoms with Gasteiger partial charge in [-0.3, -0.25) is 0 Å².